The van der Waals surface area contributed by atoms with Crippen molar-refractivity contribution in [3.8, 4) is 0 Å². The maximum atomic E-state index is 13.7. The van der Waals surface area contributed by atoms with Crippen molar-refractivity contribution in [3.63, 3.8) is 0 Å². The Morgan fingerprint density at radius 1 is 1.10 bits per heavy atom. The highest BCUT2D eigenvalue weighted by molar-refractivity contribution is 5.82. The molecule has 106 valence electrons. The second-order valence-corrected chi connectivity index (χ2v) is 5.19. The van der Waals surface area contributed by atoms with Crippen molar-refractivity contribution in [1.82, 2.24) is 4.98 Å². The molecule has 1 aromatic heterocycles. The molecule has 3 aromatic rings. The number of pyridine rings is 1. The van der Waals surface area contributed by atoms with E-state index in [-0.39, 0.29) is 12.2 Å². The number of aliphatic hydroxyl groups is 1. The van der Waals surface area contributed by atoms with Crippen LogP contribution < -0.4 is 0 Å². The number of nitrogens with zero attached hydrogens (tertiary/aromatic N) is 1. The first kappa shape index (κ1) is 13.7. The number of para-hydroxylation sites is 1. The third kappa shape index (κ3) is 2.78. The summed E-state index contributed by atoms with van der Waals surface area (Å²) in [5.74, 6) is -0.297. The van der Waals surface area contributed by atoms with Crippen LogP contribution in [0.25, 0.3) is 10.9 Å². The lowest BCUT2D eigenvalue weighted by Gasteiger charge is -2.13. The van der Waals surface area contributed by atoms with E-state index >= 15 is 0 Å². The molecule has 2 aromatic carbocycles. The van der Waals surface area contributed by atoms with E-state index in [1.807, 2.05) is 37.3 Å². The van der Waals surface area contributed by atoms with Gasteiger partial charge in [0.05, 0.1) is 11.2 Å². The summed E-state index contributed by atoms with van der Waals surface area (Å²) in [6, 6.07) is 16.2. The van der Waals surface area contributed by atoms with Crippen molar-refractivity contribution in [2.24, 2.45) is 0 Å². The van der Waals surface area contributed by atoms with E-state index in [2.05, 4.69) is 4.98 Å². The minimum absolute atomic E-state index is 0.220. The number of aromatic nitrogens is 1. The van der Waals surface area contributed by atoms with Crippen molar-refractivity contribution in [3.05, 3.63) is 77.2 Å². The fraction of sp³-hybridized carbons (Fsp3) is 0.167. The van der Waals surface area contributed by atoms with Crippen LogP contribution in [0.2, 0.25) is 0 Å². The minimum atomic E-state index is -0.815. The Morgan fingerprint density at radius 3 is 2.62 bits per heavy atom. The Labute approximate surface area is 122 Å². The van der Waals surface area contributed by atoms with Crippen LogP contribution >= 0.6 is 0 Å². The number of hydrogen-bond acceptors (Lipinski definition) is 2. The van der Waals surface area contributed by atoms with Crippen LogP contribution in [-0.4, -0.2) is 10.1 Å². The molecule has 0 bridgehead atoms. The molecule has 0 radical (unpaired) electrons. The van der Waals surface area contributed by atoms with Gasteiger partial charge in [-0.25, -0.2) is 4.39 Å². The van der Waals surface area contributed by atoms with Gasteiger partial charge in [0.1, 0.15) is 11.9 Å². The van der Waals surface area contributed by atoms with Gasteiger partial charge in [-0.3, -0.25) is 4.98 Å². The van der Waals surface area contributed by atoms with Gasteiger partial charge in [-0.05, 0) is 36.2 Å². The summed E-state index contributed by atoms with van der Waals surface area (Å²) in [6.07, 6.45) is -0.595. The van der Waals surface area contributed by atoms with Gasteiger partial charge < -0.3 is 5.11 Å². The fourth-order valence-corrected chi connectivity index (χ4v) is 2.52. The Hall–Kier alpha value is -2.26. The summed E-state index contributed by atoms with van der Waals surface area (Å²) in [5, 5.41) is 11.4. The number of fused-ring (bicyclic) bond motifs is 1. The van der Waals surface area contributed by atoms with Crippen molar-refractivity contribution in [1.29, 1.82) is 0 Å². The number of halogens is 1. The van der Waals surface area contributed by atoms with Crippen LogP contribution in [0.4, 0.5) is 4.39 Å². The van der Waals surface area contributed by atoms with E-state index < -0.39 is 6.10 Å². The fourth-order valence-electron chi connectivity index (χ4n) is 2.52. The van der Waals surface area contributed by atoms with Crippen LogP contribution in [0.3, 0.4) is 0 Å². The molecule has 1 atom stereocenters. The lowest BCUT2D eigenvalue weighted by molar-refractivity contribution is 0.172. The molecule has 0 spiro atoms. The highest BCUT2D eigenvalue weighted by atomic mass is 19.1. The van der Waals surface area contributed by atoms with Crippen molar-refractivity contribution in [2.75, 3.05) is 0 Å². The molecular formula is C18H16FNO. The number of aryl methyl sites for hydroxylation is 1. The van der Waals surface area contributed by atoms with E-state index in [0.717, 1.165) is 16.5 Å². The molecule has 0 amide bonds. The van der Waals surface area contributed by atoms with Crippen LogP contribution in [0.15, 0.2) is 54.6 Å². The van der Waals surface area contributed by atoms with Gasteiger partial charge in [-0.2, -0.15) is 0 Å². The molecule has 0 saturated heterocycles. The SMILES string of the molecule is Cc1cc(C(O)Cc2ccccc2F)nc2ccccc12. The Bertz CT molecular complexity index is 785. The first-order chi connectivity index (χ1) is 10.1. The molecule has 1 heterocycles. The van der Waals surface area contributed by atoms with Gasteiger partial charge in [0.15, 0.2) is 0 Å². The molecule has 0 aliphatic heterocycles. The quantitative estimate of drug-likeness (QED) is 0.788. The van der Waals surface area contributed by atoms with Crippen LogP contribution in [0.1, 0.15) is 22.9 Å². The monoisotopic (exact) mass is 281 g/mol. The Kier molecular flexibility index (Phi) is 3.67. The molecule has 3 rings (SSSR count). The molecule has 1 unspecified atom stereocenters. The van der Waals surface area contributed by atoms with Gasteiger partial charge in [-0.15, -0.1) is 0 Å². The van der Waals surface area contributed by atoms with E-state index in [0.29, 0.717) is 11.3 Å². The van der Waals surface area contributed by atoms with Crippen molar-refractivity contribution >= 4 is 10.9 Å². The average molecular weight is 281 g/mol. The smallest absolute Gasteiger partial charge is 0.126 e. The predicted molar refractivity (Wildman–Crippen MR) is 81.5 cm³/mol. The maximum absolute atomic E-state index is 13.7. The molecule has 3 heteroatoms. The Balaban J connectivity index is 1.95. The van der Waals surface area contributed by atoms with Crippen LogP contribution in [0.5, 0.6) is 0 Å². The maximum Gasteiger partial charge on any atom is 0.126 e. The topological polar surface area (TPSA) is 33.1 Å². The Morgan fingerprint density at radius 2 is 1.81 bits per heavy atom. The third-order valence-electron chi connectivity index (χ3n) is 3.66. The lowest BCUT2D eigenvalue weighted by atomic mass is 10.0. The first-order valence-electron chi connectivity index (χ1n) is 6.93. The minimum Gasteiger partial charge on any atom is -0.386 e. The van der Waals surface area contributed by atoms with Crippen molar-refractivity contribution in [2.45, 2.75) is 19.4 Å². The summed E-state index contributed by atoms with van der Waals surface area (Å²) in [6.45, 7) is 1.99. The van der Waals surface area contributed by atoms with Gasteiger partial charge >= 0.3 is 0 Å². The number of aliphatic hydroxyl groups excluding tert-OH is 1. The largest absolute Gasteiger partial charge is 0.386 e. The second kappa shape index (κ2) is 5.62. The standard InChI is InChI=1S/C18H16FNO/c1-12-10-17(20-16-9-5-3-7-14(12)16)18(21)11-13-6-2-4-8-15(13)19/h2-10,18,21H,11H2,1H3. The summed E-state index contributed by atoms with van der Waals surface area (Å²) in [5.41, 5.74) is 2.98. The zero-order valence-corrected chi connectivity index (χ0v) is 11.8. The number of hydrogen-bond donors (Lipinski definition) is 1. The molecule has 0 aliphatic carbocycles. The molecule has 1 N–H and O–H groups in total. The molecule has 0 saturated carbocycles. The van der Waals surface area contributed by atoms with Crippen LogP contribution in [0, 0.1) is 12.7 Å². The zero-order valence-electron chi connectivity index (χ0n) is 11.8. The van der Waals surface area contributed by atoms with E-state index in [4.69, 9.17) is 0 Å². The summed E-state index contributed by atoms with van der Waals surface area (Å²) in [7, 11) is 0. The second-order valence-electron chi connectivity index (χ2n) is 5.19. The van der Waals surface area contributed by atoms with Gasteiger partial charge in [0.25, 0.3) is 0 Å². The van der Waals surface area contributed by atoms with E-state index in [9.17, 15) is 9.50 Å². The number of rotatable bonds is 3. The average Bonchev–Trinajstić information content (AvgIpc) is 2.49. The predicted octanol–water partition coefficient (Wildman–Crippen LogP) is 3.96. The molecule has 21 heavy (non-hydrogen) atoms. The molecule has 0 aliphatic rings. The molecule has 0 fully saturated rings. The van der Waals surface area contributed by atoms with Crippen molar-refractivity contribution < 1.29 is 9.50 Å². The summed E-state index contributed by atoms with van der Waals surface area (Å²) >= 11 is 0. The van der Waals surface area contributed by atoms with Gasteiger partial charge in [0.2, 0.25) is 0 Å². The first-order valence-corrected chi connectivity index (χ1v) is 6.93. The molecular weight excluding hydrogens is 265 g/mol. The summed E-state index contributed by atoms with van der Waals surface area (Å²) in [4.78, 5) is 4.49. The van der Waals surface area contributed by atoms with Gasteiger partial charge in [0, 0.05) is 11.8 Å². The van der Waals surface area contributed by atoms with E-state index in [1.54, 1.807) is 18.2 Å². The third-order valence-corrected chi connectivity index (χ3v) is 3.66. The highest BCUT2D eigenvalue weighted by Gasteiger charge is 2.14. The van der Waals surface area contributed by atoms with Crippen LogP contribution in [-0.2, 0) is 6.42 Å². The van der Waals surface area contributed by atoms with Gasteiger partial charge in [-0.1, -0.05) is 36.4 Å². The normalized spacial score (nSPS) is 12.5. The summed E-state index contributed by atoms with van der Waals surface area (Å²) < 4.78 is 13.7. The zero-order chi connectivity index (χ0) is 14.8. The molecule has 2 nitrogen and oxygen atoms in total. The highest BCUT2D eigenvalue weighted by Crippen LogP contribution is 2.23. The lowest BCUT2D eigenvalue weighted by Crippen LogP contribution is -2.06. The number of benzene rings is 2. The van der Waals surface area contributed by atoms with E-state index in [1.165, 1.54) is 6.07 Å².